The number of amides is 1. The second-order valence-corrected chi connectivity index (χ2v) is 3.34. The van der Waals surface area contributed by atoms with Gasteiger partial charge in [-0.25, -0.2) is 0 Å². The van der Waals surface area contributed by atoms with Gasteiger partial charge in [0.15, 0.2) is 0 Å². The lowest BCUT2D eigenvalue weighted by atomic mass is 10.1. The SMILES string of the molecule is O=C(CCl)N1CCc2[nH]ncc2C1. The molecule has 4 nitrogen and oxygen atoms in total. The molecule has 0 spiro atoms. The highest BCUT2D eigenvalue weighted by Crippen LogP contribution is 2.15. The monoisotopic (exact) mass is 199 g/mol. The number of H-pyrrole nitrogens is 1. The first kappa shape index (κ1) is 8.56. The molecule has 0 aliphatic carbocycles. The van der Waals surface area contributed by atoms with E-state index in [9.17, 15) is 4.79 Å². The minimum absolute atomic E-state index is 0.00600. The zero-order valence-corrected chi connectivity index (χ0v) is 7.84. The number of fused-ring (bicyclic) bond motifs is 1. The van der Waals surface area contributed by atoms with E-state index in [2.05, 4.69) is 10.2 Å². The zero-order chi connectivity index (χ0) is 9.26. The van der Waals surface area contributed by atoms with Crippen molar-refractivity contribution in [2.75, 3.05) is 12.4 Å². The fraction of sp³-hybridized carbons (Fsp3) is 0.500. The van der Waals surface area contributed by atoms with Crippen molar-refractivity contribution in [1.29, 1.82) is 0 Å². The predicted molar refractivity (Wildman–Crippen MR) is 48.4 cm³/mol. The molecule has 2 heterocycles. The minimum atomic E-state index is -0.00600. The van der Waals surface area contributed by atoms with Gasteiger partial charge in [0.25, 0.3) is 0 Å². The lowest BCUT2D eigenvalue weighted by molar-refractivity contribution is -0.129. The summed E-state index contributed by atoms with van der Waals surface area (Å²) >= 11 is 5.47. The maximum Gasteiger partial charge on any atom is 0.237 e. The van der Waals surface area contributed by atoms with Crippen LogP contribution in [0.2, 0.25) is 0 Å². The summed E-state index contributed by atoms with van der Waals surface area (Å²) in [6.07, 6.45) is 2.61. The van der Waals surface area contributed by atoms with Crippen molar-refractivity contribution in [1.82, 2.24) is 15.1 Å². The smallest absolute Gasteiger partial charge is 0.237 e. The highest BCUT2D eigenvalue weighted by atomic mass is 35.5. The van der Waals surface area contributed by atoms with E-state index in [1.54, 1.807) is 11.1 Å². The standard InChI is InChI=1S/C8H10ClN3O/c9-3-8(13)12-2-1-7-6(5-12)4-10-11-7/h4H,1-3,5H2,(H,10,11). The second-order valence-electron chi connectivity index (χ2n) is 3.07. The molecule has 0 saturated heterocycles. The normalized spacial score (nSPS) is 15.6. The number of hydrogen-bond donors (Lipinski definition) is 1. The molecule has 0 radical (unpaired) electrons. The molecule has 13 heavy (non-hydrogen) atoms. The van der Waals surface area contributed by atoms with Crippen LogP contribution in [-0.4, -0.2) is 33.4 Å². The number of nitrogens with one attached hydrogen (secondary N) is 1. The molecule has 0 atom stereocenters. The van der Waals surface area contributed by atoms with E-state index in [1.807, 2.05) is 0 Å². The van der Waals surface area contributed by atoms with Gasteiger partial charge >= 0.3 is 0 Å². The molecule has 5 heteroatoms. The number of aromatic nitrogens is 2. The summed E-state index contributed by atoms with van der Waals surface area (Å²) < 4.78 is 0. The van der Waals surface area contributed by atoms with Gasteiger partial charge in [0.05, 0.1) is 6.20 Å². The highest BCUT2D eigenvalue weighted by Gasteiger charge is 2.20. The van der Waals surface area contributed by atoms with Crippen molar-refractivity contribution < 1.29 is 4.79 Å². The summed E-state index contributed by atoms with van der Waals surface area (Å²) in [5, 5.41) is 6.84. The number of nitrogens with zero attached hydrogens (tertiary/aromatic N) is 2. The Morgan fingerprint density at radius 1 is 1.77 bits per heavy atom. The first-order valence-electron chi connectivity index (χ1n) is 4.16. The van der Waals surface area contributed by atoms with E-state index in [4.69, 9.17) is 11.6 Å². The quantitative estimate of drug-likeness (QED) is 0.671. The lowest BCUT2D eigenvalue weighted by Gasteiger charge is -2.25. The van der Waals surface area contributed by atoms with Crippen LogP contribution in [0.4, 0.5) is 0 Å². The predicted octanol–water partition coefficient (Wildman–Crippen LogP) is 0.533. The number of carbonyl (C=O) groups is 1. The van der Waals surface area contributed by atoms with Gasteiger partial charge in [-0.1, -0.05) is 0 Å². The number of aromatic amines is 1. The molecule has 0 bridgehead atoms. The lowest BCUT2D eigenvalue weighted by Crippen LogP contribution is -2.36. The fourth-order valence-electron chi connectivity index (χ4n) is 1.52. The fourth-order valence-corrected chi connectivity index (χ4v) is 1.69. The summed E-state index contributed by atoms with van der Waals surface area (Å²) in [6.45, 7) is 1.37. The summed E-state index contributed by atoms with van der Waals surface area (Å²) in [4.78, 5) is 13.0. The molecule has 70 valence electrons. The molecule has 1 amide bonds. The van der Waals surface area contributed by atoms with Crippen molar-refractivity contribution in [3.63, 3.8) is 0 Å². The minimum Gasteiger partial charge on any atom is -0.337 e. The van der Waals surface area contributed by atoms with Crippen molar-refractivity contribution in [3.05, 3.63) is 17.5 Å². The topological polar surface area (TPSA) is 49.0 Å². The van der Waals surface area contributed by atoms with Crippen LogP contribution in [0.25, 0.3) is 0 Å². The van der Waals surface area contributed by atoms with Crippen LogP contribution in [0.3, 0.4) is 0 Å². The maximum atomic E-state index is 11.3. The highest BCUT2D eigenvalue weighted by molar-refractivity contribution is 6.27. The van der Waals surface area contributed by atoms with E-state index in [0.717, 1.165) is 24.2 Å². The maximum absolute atomic E-state index is 11.3. The van der Waals surface area contributed by atoms with Gasteiger partial charge in [-0.05, 0) is 0 Å². The van der Waals surface area contributed by atoms with Crippen molar-refractivity contribution >= 4 is 17.5 Å². The van der Waals surface area contributed by atoms with Crippen LogP contribution >= 0.6 is 11.6 Å². The molecule has 1 aromatic rings. The number of rotatable bonds is 1. The Labute approximate surface area is 80.9 Å². The van der Waals surface area contributed by atoms with Gasteiger partial charge in [-0.3, -0.25) is 9.89 Å². The largest absolute Gasteiger partial charge is 0.337 e. The van der Waals surface area contributed by atoms with E-state index >= 15 is 0 Å². The van der Waals surface area contributed by atoms with Crippen LogP contribution in [0.15, 0.2) is 6.20 Å². The first-order chi connectivity index (χ1) is 6.31. The molecule has 2 rings (SSSR count). The van der Waals surface area contributed by atoms with E-state index in [0.29, 0.717) is 6.54 Å². The summed E-state index contributed by atoms with van der Waals surface area (Å²) in [7, 11) is 0. The third-order valence-corrected chi connectivity index (χ3v) is 2.50. The molecule has 1 N–H and O–H groups in total. The number of hydrogen-bond acceptors (Lipinski definition) is 2. The third kappa shape index (κ3) is 1.54. The summed E-state index contributed by atoms with van der Waals surface area (Å²) in [5.74, 6) is 0.0567. The van der Waals surface area contributed by atoms with Crippen LogP contribution < -0.4 is 0 Å². The molecule has 1 aliphatic heterocycles. The molecular weight excluding hydrogens is 190 g/mol. The van der Waals surface area contributed by atoms with Gasteiger partial charge < -0.3 is 4.90 Å². The summed E-state index contributed by atoms with van der Waals surface area (Å²) in [6, 6.07) is 0. The molecule has 0 fully saturated rings. The molecule has 0 saturated carbocycles. The van der Waals surface area contributed by atoms with Crippen molar-refractivity contribution in [2.45, 2.75) is 13.0 Å². The number of carbonyl (C=O) groups excluding carboxylic acids is 1. The van der Waals surface area contributed by atoms with Gasteiger partial charge in [0, 0.05) is 30.8 Å². The number of halogens is 1. The van der Waals surface area contributed by atoms with Gasteiger partial charge in [0.2, 0.25) is 5.91 Å². The Bertz CT molecular complexity index is 323. The Morgan fingerprint density at radius 3 is 3.38 bits per heavy atom. The van der Waals surface area contributed by atoms with Gasteiger partial charge in [-0.2, -0.15) is 5.10 Å². The molecular formula is C8H10ClN3O. The van der Waals surface area contributed by atoms with E-state index in [-0.39, 0.29) is 11.8 Å². The second kappa shape index (κ2) is 3.38. The Morgan fingerprint density at radius 2 is 2.62 bits per heavy atom. The Hall–Kier alpha value is -1.03. The molecule has 1 aliphatic rings. The van der Waals surface area contributed by atoms with Crippen LogP contribution in [0.5, 0.6) is 0 Å². The zero-order valence-electron chi connectivity index (χ0n) is 7.09. The van der Waals surface area contributed by atoms with Crippen molar-refractivity contribution in [3.8, 4) is 0 Å². The third-order valence-electron chi connectivity index (χ3n) is 2.27. The van der Waals surface area contributed by atoms with Gasteiger partial charge in [-0.15, -0.1) is 11.6 Å². The molecule has 1 aromatic heterocycles. The van der Waals surface area contributed by atoms with Crippen molar-refractivity contribution in [2.24, 2.45) is 0 Å². The first-order valence-corrected chi connectivity index (χ1v) is 4.69. The van der Waals surface area contributed by atoms with Crippen LogP contribution in [-0.2, 0) is 17.8 Å². The van der Waals surface area contributed by atoms with Gasteiger partial charge in [0.1, 0.15) is 5.88 Å². The average Bonchev–Trinajstić information content (AvgIpc) is 2.63. The Balaban J connectivity index is 2.13. The van der Waals surface area contributed by atoms with Crippen LogP contribution in [0, 0.1) is 0 Å². The van der Waals surface area contributed by atoms with E-state index in [1.165, 1.54) is 0 Å². The molecule has 0 unspecified atom stereocenters. The summed E-state index contributed by atoms with van der Waals surface area (Å²) in [5.41, 5.74) is 2.24. The van der Waals surface area contributed by atoms with Crippen LogP contribution in [0.1, 0.15) is 11.3 Å². The number of alkyl halides is 1. The van der Waals surface area contributed by atoms with E-state index < -0.39 is 0 Å². The molecule has 0 aromatic carbocycles. The Kier molecular flexibility index (Phi) is 2.22. The average molecular weight is 200 g/mol.